The predicted molar refractivity (Wildman–Crippen MR) is 109 cm³/mol. The van der Waals surface area contributed by atoms with Gasteiger partial charge in [0.05, 0.1) is 15.9 Å². The van der Waals surface area contributed by atoms with Crippen LogP contribution >= 0.6 is 34.5 Å². The van der Waals surface area contributed by atoms with E-state index in [9.17, 15) is 9.90 Å². The fourth-order valence-corrected chi connectivity index (χ4v) is 4.66. The Balaban J connectivity index is 1.29. The van der Waals surface area contributed by atoms with Gasteiger partial charge in [0.2, 0.25) is 5.91 Å². The molecule has 0 spiro atoms. The molecule has 0 radical (unpaired) electrons. The quantitative estimate of drug-likeness (QED) is 0.637. The number of pyridine rings is 1. The van der Waals surface area contributed by atoms with Gasteiger partial charge in [-0.1, -0.05) is 23.2 Å². The van der Waals surface area contributed by atoms with Crippen molar-refractivity contribution >= 4 is 45.4 Å². The summed E-state index contributed by atoms with van der Waals surface area (Å²) in [6.07, 6.45) is 3.98. The number of amides is 1. The number of carbonyl (C=O) groups is 1. The Hall–Kier alpha value is -1.42. The standard InChI is InChI=1S/C18H20Cl2N4O3S/c19-11-6-21-7-12(20)16(11)27-10-8-24(9-10)18(26)14-3-4-15(28-14)23-17(25)13-2-1-5-22-13/h3-4,6-7,10,13,18,22,26H,1-2,5,8-9H2,(H,23,25)/t13-,18?/m0/s1. The number of aliphatic hydroxyl groups excluding tert-OH is 1. The summed E-state index contributed by atoms with van der Waals surface area (Å²) in [7, 11) is 0. The number of anilines is 1. The van der Waals surface area contributed by atoms with Crippen LogP contribution in [0, 0.1) is 0 Å². The van der Waals surface area contributed by atoms with E-state index in [-0.39, 0.29) is 18.1 Å². The summed E-state index contributed by atoms with van der Waals surface area (Å²) in [4.78, 5) is 18.7. The van der Waals surface area contributed by atoms with Crippen molar-refractivity contribution in [2.45, 2.75) is 31.2 Å². The number of carbonyl (C=O) groups excluding carboxylic acids is 1. The van der Waals surface area contributed by atoms with E-state index in [2.05, 4.69) is 15.6 Å². The molecule has 28 heavy (non-hydrogen) atoms. The van der Waals surface area contributed by atoms with Crippen LogP contribution in [-0.4, -0.2) is 52.7 Å². The number of aliphatic hydroxyl groups is 1. The minimum Gasteiger partial charge on any atom is -0.484 e. The molecule has 2 atom stereocenters. The lowest BCUT2D eigenvalue weighted by atomic mass is 10.1. The first-order valence-electron chi connectivity index (χ1n) is 9.03. The molecule has 4 rings (SSSR count). The molecule has 150 valence electrons. The first kappa shape index (κ1) is 19.9. The third-order valence-electron chi connectivity index (χ3n) is 4.82. The fourth-order valence-electron chi connectivity index (χ4n) is 3.28. The Bertz CT molecular complexity index is 833. The summed E-state index contributed by atoms with van der Waals surface area (Å²) >= 11 is 13.5. The second-order valence-electron chi connectivity index (χ2n) is 6.84. The van der Waals surface area contributed by atoms with E-state index < -0.39 is 6.23 Å². The van der Waals surface area contributed by atoms with Crippen LogP contribution in [0.5, 0.6) is 5.75 Å². The van der Waals surface area contributed by atoms with Gasteiger partial charge in [0.25, 0.3) is 0 Å². The number of halogens is 2. The Kier molecular flexibility index (Phi) is 6.05. The lowest BCUT2D eigenvalue weighted by Crippen LogP contribution is -2.54. The molecular formula is C18H20Cl2N4O3S. The second-order valence-corrected chi connectivity index (χ2v) is 8.77. The van der Waals surface area contributed by atoms with Gasteiger partial charge >= 0.3 is 0 Å². The van der Waals surface area contributed by atoms with E-state index in [1.54, 1.807) is 0 Å². The van der Waals surface area contributed by atoms with Gasteiger partial charge in [-0.05, 0) is 31.5 Å². The van der Waals surface area contributed by atoms with Gasteiger partial charge in [-0.2, -0.15) is 0 Å². The number of nitrogens with one attached hydrogen (secondary N) is 2. The largest absolute Gasteiger partial charge is 0.484 e. The topological polar surface area (TPSA) is 86.7 Å². The highest BCUT2D eigenvalue weighted by molar-refractivity contribution is 7.16. The average Bonchev–Trinajstić information content (AvgIpc) is 3.31. The van der Waals surface area contributed by atoms with Crippen molar-refractivity contribution in [2.75, 3.05) is 25.0 Å². The number of ether oxygens (including phenoxy) is 1. The minimum absolute atomic E-state index is 0.0242. The lowest BCUT2D eigenvalue weighted by Gasteiger charge is -2.41. The Morgan fingerprint density at radius 1 is 1.36 bits per heavy atom. The number of hydrogen-bond donors (Lipinski definition) is 3. The van der Waals surface area contributed by atoms with Gasteiger partial charge in [0.1, 0.15) is 22.4 Å². The number of thiophene rings is 1. The van der Waals surface area contributed by atoms with Crippen LogP contribution in [0.25, 0.3) is 0 Å². The summed E-state index contributed by atoms with van der Waals surface area (Å²) in [5.41, 5.74) is 0. The summed E-state index contributed by atoms with van der Waals surface area (Å²) < 4.78 is 5.83. The molecule has 2 aromatic rings. The zero-order valence-corrected chi connectivity index (χ0v) is 17.2. The molecular weight excluding hydrogens is 423 g/mol. The van der Waals surface area contributed by atoms with Crippen LogP contribution < -0.4 is 15.4 Å². The number of hydrogen-bond acceptors (Lipinski definition) is 7. The molecule has 0 saturated carbocycles. The molecule has 2 aromatic heterocycles. The predicted octanol–water partition coefficient (Wildman–Crippen LogP) is 2.89. The van der Waals surface area contributed by atoms with Crippen molar-refractivity contribution < 1.29 is 14.6 Å². The molecule has 0 aliphatic carbocycles. The maximum absolute atomic E-state index is 12.2. The summed E-state index contributed by atoms with van der Waals surface area (Å²) in [6.45, 7) is 1.96. The van der Waals surface area contributed by atoms with Gasteiger partial charge in [0, 0.05) is 25.5 Å². The molecule has 1 unspecified atom stereocenters. The molecule has 2 fully saturated rings. The highest BCUT2D eigenvalue weighted by atomic mass is 35.5. The highest BCUT2D eigenvalue weighted by Gasteiger charge is 2.35. The van der Waals surface area contributed by atoms with Crippen molar-refractivity contribution in [3.8, 4) is 5.75 Å². The van der Waals surface area contributed by atoms with Crippen LogP contribution in [-0.2, 0) is 4.79 Å². The Morgan fingerprint density at radius 3 is 2.79 bits per heavy atom. The van der Waals surface area contributed by atoms with Crippen LogP contribution in [0.3, 0.4) is 0 Å². The maximum Gasteiger partial charge on any atom is 0.242 e. The van der Waals surface area contributed by atoms with Crippen LogP contribution in [0.4, 0.5) is 5.00 Å². The monoisotopic (exact) mass is 442 g/mol. The van der Waals surface area contributed by atoms with Crippen molar-refractivity contribution in [3.05, 3.63) is 39.4 Å². The van der Waals surface area contributed by atoms with Gasteiger partial charge < -0.3 is 20.5 Å². The molecule has 2 saturated heterocycles. The summed E-state index contributed by atoms with van der Waals surface area (Å²) in [5, 5.41) is 18.1. The molecule has 0 aromatic carbocycles. The van der Waals surface area contributed by atoms with E-state index in [1.165, 1.54) is 23.7 Å². The maximum atomic E-state index is 12.2. The molecule has 1 amide bonds. The average molecular weight is 443 g/mol. The molecule has 3 N–H and O–H groups in total. The minimum atomic E-state index is -0.747. The number of nitrogens with zero attached hydrogens (tertiary/aromatic N) is 2. The van der Waals surface area contributed by atoms with Gasteiger partial charge in [-0.3, -0.25) is 14.7 Å². The zero-order chi connectivity index (χ0) is 19.7. The molecule has 2 aliphatic heterocycles. The van der Waals surface area contributed by atoms with Crippen molar-refractivity contribution in [1.29, 1.82) is 0 Å². The number of aromatic nitrogens is 1. The lowest BCUT2D eigenvalue weighted by molar-refractivity contribution is -0.117. The Morgan fingerprint density at radius 2 is 2.11 bits per heavy atom. The molecule has 10 heteroatoms. The Labute approximate surface area is 176 Å². The van der Waals surface area contributed by atoms with E-state index in [0.29, 0.717) is 28.9 Å². The summed E-state index contributed by atoms with van der Waals surface area (Å²) in [5.74, 6) is 0.392. The normalized spacial score (nSPS) is 21.3. The van der Waals surface area contributed by atoms with E-state index in [1.807, 2.05) is 17.0 Å². The van der Waals surface area contributed by atoms with E-state index >= 15 is 0 Å². The first-order chi connectivity index (χ1) is 13.5. The van der Waals surface area contributed by atoms with Gasteiger partial charge in [0.15, 0.2) is 5.75 Å². The zero-order valence-electron chi connectivity index (χ0n) is 14.9. The number of rotatable bonds is 6. The number of likely N-dealkylation sites (tertiary alicyclic amines) is 1. The third-order valence-corrected chi connectivity index (χ3v) is 6.40. The molecule has 0 bridgehead atoms. The van der Waals surface area contributed by atoms with Crippen molar-refractivity contribution in [3.63, 3.8) is 0 Å². The van der Waals surface area contributed by atoms with Crippen molar-refractivity contribution in [1.82, 2.24) is 15.2 Å². The summed E-state index contributed by atoms with van der Waals surface area (Å²) in [6, 6.07) is 3.52. The molecule has 2 aliphatic rings. The smallest absolute Gasteiger partial charge is 0.242 e. The van der Waals surface area contributed by atoms with Gasteiger partial charge in [-0.15, -0.1) is 11.3 Å². The van der Waals surface area contributed by atoms with Crippen LogP contribution in [0.1, 0.15) is 23.9 Å². The molecule has 7 nitrogen and oxygen atoms in total. The van der Waals surface area contributed by atoms with Gasteiger partial charge in [-0.25, -0.2) is 0 Å². The highest BCUT2D eigenvalue weighted by Crippen LogP contribution is 2.36. The first-order valence-corrected chi connectivity index (χ1v) is 10.6. The SMILES string of the molecule is O=C(Nc1ccc(C(O)N2CC(Oc3c(Cl)cncc3Cl)C2)s1)[C@@H]1CCCN1. The fraction of sp³-hybridized carbons (Fsp3) is 0.444. The molecule has 4 heterocycles. The van der Waals surface area contributed by atoms with E-state index in [0.717, 1.165) is 29.3 Å². The van der Waals surface area contributed by atoms with E-state index in [4.69, 9.17) is 27.9 Å². The van der Waals surface area contributed by atoms with Crippen molar-refractivity contribution in [2.24, 2.45) is 0 Å². The van der Waals surface area contributed by atoms with Crippen LogP contribution in [0.15, 0.2) is 24.5 Å². The second kappa shape index (κ2) is 8.52. The third kappa shape index (κ3) is 4.27. The van der Waals surface area contributed by atoms with Crippen LogP contribution in [0.2, 0.25) is 10.0 Å².